The molecule has 1 unspecified atom stereocenters. The Hall–Kier alpha value is -1.02. The number of nitrogens with zero attached hydrogens (tertiary/aromatic N) is 1. The van der Waals surface area contributed by atoms with Crippen molar-refractivity contribution in [2.24, 2.45) is 0 Å². The molecule has 0 radical (unpaired) electrons. The molecule has 1 aliphatic rings. The van der Waals surface area contributed by atoms with E-state index in [1.165, 1.54) is 24.1 Å². The minimum Gasteiger partial charge on any atom is -0.385 e. The highest BCUT2D eigenvalue weighted by atomic mass is 15.2. The van der Waals surface area contributed by atoms with Crippen molar-refractivity contribution in [2.75, 3.05) is 25.5 Å². The minimum absolute atomic E-state index is 0.291. The predicted octanol–water partition coefficient (Wildman–Crippen LogP) is 3.71. The smallest absolute Gasteiger partial charge is 0.0376 e. The Morgan fingerprint density at radius 3 is 2.78 bits per heavy atom. The first-order chi connectivity index (χ1) is 8.54. The maximum absolute atomic E-state index is 3.50. The van der Waals surface area contributed by atoms with Gasteiger partial charge in [0.15, 0.2) is 0 Å². The third-order valence-corrected chi connectivity index (χ3v) is 4.60. The van der Waals surface area contributed by atoms with Crippen LogP contribution in [0.15, 0.2) is 24.3 Å². The second kappa shape index (κ2) is 5.31. The first-order valence-electron chi connectivity index (χ1n) is 7.08. The van der Waals surface area contributed by atoms with Gasteiger partial charge < -0.3 is 10.2 Å². The summed E-state index contributed by atoms with van der Waals surface area (Å²) in [5.74, 6) is 0.665. The first-order valence-corrected chi connectivity index (χ1v) is 7.08. The maximum Gasteiger partial charge on any atom is 0.0376 e. The van der Waals surface area contributed by atoms with E-state index in [9.17, 15) is 0 Å². The Kier molecular flexibility index (Phi) is 3.96. The van der Waals surface area contributed by atoms with Gasteiger partial charge in [0.25, 0.3) is 0 Å². The lowest BCUT2D eigenvalue weighted by molar-refractivity contribution is 0.140. The van der Waals surface area contributed by atoms with E-state index in [1.54, 1.807) is 0 Å². The number of nitrogens with one attached hydrogen (secondary N) is 1. The lowest BCUT2D eigenvalue weighted by Gasteiger charge is -2.39. The van der Waals surface area contributed by atoms with Crippen molar-refractivity contribution in [1.82, 2.24) is 4.90 Å². The van der Waals surface area contributed by atoms with Crippen LogP contribution in [-0.2, 0) is 0 Å². The summed E-state index contributed by atoms with van der Waals surface area (Å²) in [6.07, 6.45) is 2.43. The Labute approximate surface area is 111 Å². The van der Waals surface area contributed by atoms with Gasteiger partial charge in [-0.1, -0.05) is 25.1 Å². The summed E-state index contributed by atoms with van der Waals surface area (Å²) in [5.41, 5.74) is 3.11. The van der Waals surface area contributed by atoms with Gasteiger partial charge in [-0.2, -0.15) is 0 Å². The van der Waals surface area contributed by atoms with Gasteiger partial charge >= 0.3 is 0 Å². The molecule has 0 saturated heterocycles. The molecule has 0 aliphatic carbocycles. The van der Waals surface area contributed by atoms with Crippen LogP contribution in [0.2, 0.25) is 0 Å². The molecule has 0 spiro atoms. The Morgan fingerprint density at radius 2 is 2.06 bits per heavy atom. The zero-order valence-electron chi connectivity index (χ0n) is 12.2. The van der Waals surface area contributed by atoms with Crippen molar-refractivity contribution < 1.29 is 0 Å². The zero-order valence-corrected chi connectivity index (χ0v) is 12.2. The summed E-state index contributed by atoms with van der Waals surface area (Å²) in [6, 6.07) is 8.75. The zero-order chi connectivity index (χ0) is 13.2. The van der Waals surface area contributed by atoms with E-state index in [0.29, 0.717) is 11.5 Å². The quantitative estimate of drug-likeness (QED) is 0.871. The SMILES string of the molecule is CCC(C)(C)N(C)CC1CCNc2ccccc21. The number of benzene rings is 1. The van der Waals surface area contributed by atoms with Crippen LogP contribution in [-0.4, -0.2) is 30.6 Å². The molecule has 2 rings (SSSR count). The van der Waals surface area contributed by atoms with E-state index in [0.717, 1.165) is 13.1 Å². The van der Waals surface area contributed by atoms with E-state index in [2.05, 4.69) is 62.3 Å². The van der Waals surface area contributed by atoms with E-state index in [4.69, 9.17) is 0 Å². The summed E-state index contributed by atoms with van der Waals surface area (Å²) in [4.78, 5) is 2.51. The lowest BCUT2D eigenvalue weighted by atomic mass is 9.89. The average Bonchev–Trinajstić information content (AvgIpc) is 2.39. The van der Waals surface area contributed by atoms with E-state index in [-0.39, 0.29) is 0 Å². The van der Waals surface area contributed by atoms with Crippen molar-refractivity contribution in [3.8, 4) is 0 Å². The van der Waals surface area contributed by atoms with Gasteiger partial charge in [0, 0.05) is 30.2 Å². The Morgan fingerprint density at radius 1 is 1.33 bits per heavy atom. The molecule has 2 heteroatoms. The fourth-order valence-electron chi connectivity index (χ4n) is 2.59. The molecule has 1 atom stereocenters. The van der Waals surface area contributed by atoms with Crippen LogP contribution < -0.4 is 5.32 Å². The molecule has 100 valence electrons. The molecule has 18 heavy (non-hydrogen) atoms. The highest BCUT2D eigenvalue weighted by Gasteiger charge is 2.26. The number of hydrogen-bond acceptors (Lipinski definition) is 2. The number of rotatable bonds is 4. The van der Waals surface area contributed by atoms with Gasteiger partial charge in [0.1, 0.15) is 0 Å². The van der Waals surface area contributed by atoms with E-state index < -0.39 is 0 Å². The topological polar surface area (TPSA) is 15.3 Å². The molecule has 0 bridgehead atoms. The van der Waals surface area contributed by atoms with Crippen molar-refractivity contribution in [1.29, 1.82) is 0 Å². The number of fused-ring (bicyclic) bond motifs is 1. The molecule has 0 saturated carbocycles. The van der Waals surface area contributed by atoms with Crippen molar-refractivity contribution in [3.05, 3.63) is 29.8 Å². The molecule has 1 aromatic rings. The fourth-order valence-corrected chi connectivity index (χ4v) is 2.59. The van der Waals surface area contributed by atoms with Crippen LogP contribution in [0.3, 0.4) is 0 Å². The molecular formula is C16H26N2. The molecular weight excluding hydrogens is 220 g/mol. The number of para-hydroxylation sites is 1. The normalized spacial score (nSPS) is 19.5. The Bertz CT molecular complexity index is 398. The summed E-state index contributed by atoms with van der Waals surface area (Å²) < 4.78 is 0. The van der Waals surface area contributed by atoms with E-state index in [1.807, 2.05) is 0 Å². The van der Waals surface area contributed by atoms with Crippen LogP contribution in [0.1, 0.15) is 45.1 Å². The predicted molar refractivity (Wildman–Crippen MR) is 79.3 cm³/mol. The molecule has 1 aromatic carbocycles. The van der Waals surface area contributed by atoms with E-state index >= 15 is 0 Å². The third-order valence-electron chi connectivity index (χ3n) is 4.60. The van der Waals surface area contributed by atoms with Crippen molar-refractivity contribution in [3.63, 3.8) is 0 Å². The molecule has 0 aromatic heterocycles. The average molecular weight is 246 g/mol. The standard InChI is InChI=1S/C16H26N2/c1-5-16(2,3)18(4)12-13-10-11-17-15-9-7-6-8-14(13)15/h6-9,13,17H,5,10-12H2,1-4H3. The van der Waals surface area contributed by atoms with Crippen LogP contribution in [0, 0.1) is 0 Å². The van der Waals surface area contributed by atoms with Gasteiger partial charge in [-0.3, -0.25) is 0 Å². The van der Waals surface area contributed by atoms with Gasteiger partial charge in [-0.05, 0) is 45.4 Å². The van der Waals surface area contributed by atoms with Gasteiger partial charge in [0.2, 0.25) is 0 Å². The van der Waals surface area contributed by atoms with Crippen LogP contribution in [0.25, 0.3) is 0 Å². The first kappa shape index (κ1) is 13.4. The minimum atomic E-state index is 0.291. The summed E-state index contributed by atoms with van der Waals surface area (Å²) >= 11 is 0. The highest BCUT2D eigenvalue weighted by Crippen LogP contribution is 2.33. The molecule has 1 N–H and O–H groups in total. The van der Waals surface area contributed by atoms with Crippen molar-refractivity contribution >= 4 is 5.69 Å². The largest absolute Gasteiger partial charge is 0.385 e. The molecule has 0 amide bonds. The molecule has 2 nitrogen and oxygen atoms in total. The van der Waals surface area contributed by atoms with Gasteiger partial charge in [-0.15, -0.1) is 0 Å². The molecule has 1 heterocycles. The van der Waals surface area contributed by atoms with Crippen LogP contribution in [0.4, 0.5) is 5.69 Å². The molecule has 0 fully saturated rings. The second-order valence-electron chi connectivity index (χ2n) is 6.05. The lowest BCUT2D eigenvalue weighted by Crippen LogP contribution is -2.43. The summed E-state index contributed by atoms with van der Waals surface area (Å²) in [5, 5.41) is 3.50. The number of likely N-dealkylation sites (N-methyl/N-ethyl adjacent to an activating group) is 1. The highest BCUT2D eigenvalue weighted by molar-refractivity contribution is 5.54. The monoisotopic (exact) mass is 246 g/mol. The van der Waals surface area contributed by atoms with Crippen LogP contribution in [0.5, 0.6) is 0 Å². The maximum atomic E-state index is 3.50. The Balaban J connectivity index is 2.12. The second-order valence-corrected chi connectivity index (χ2v) is 6.05. The third kappa shape index (κ3) is 2.69. The molecule has 1 aliphatic heterocycles. The van der Waals surface area contributed by atoms with Crippen LogP contribution >= 0.6 is 0 Å². The van der Waals surface area contributed by atoms with Gasteiger partial charge in [0.05, 0.1) is 0 Å². The van der Waals surface area contributed by atoms with Gasteiger partial charge in [-0.25, -0.2) is 0 Å². The number of hydrogen-bond donors (Lipinski definition) is 1. The fraction of sp³-hybridized carbons (Fsp3) is 0.625. The van der Waals surface area contributed by atoms with Crippen molar-refractivity contribution in [2.45, 2.75) is 45.1 Å². The summed E-state index contributed by atoms with van der Waals surface area (Å²) in [7, 11) is 2.26. The number of anilines is 1. The summed E-state index contributed by atoms with van der Waals surface area (Å²) in [6.45, 7) is 9.19.